The summed E-state index contributed by atoms with van der Waals surface area (Å²) < 4.78 is 38.0. The van der Waals surface area contributed by atoms with E-state index < -0.39 is 6.17 Å². The zero-order valence-electron chi connectivity index (χ0n) is 23.0. The Hall–Kier alpha value is -5.28. The molecule has 43 heavy (non-hydrogen) atoms. The smallest absolute Gasteiger partial charge is 0.143 e. The van der Waals surface area contributed by atoms with Crippen LogP contribution in [0.15, 0.2) is 143 Å². The maximum atomic E-state index is 15.8. The third kappa shape index (κ3) is 3.42. The first-order valence-corrected chi connectivity index (χ1v) is 14.6. The van der Waals surface area contributed by atoms with Gasteiger partial charge in [-0.15, -0.1) is 0 Å². The molecular formula is C40H24F2O. The van der Waals surface area contributed by atoms with E-state index in [1.807, 2.05) is 103 Å². The van der Waals surface area contributed by atoms with Gasteiger partial charge < -0.3 is 4.42 Å². The summed E-state index contributed by atoms with van der Waals surface area (Å²) in [6.45, 7) is 0. The van der Waals surface area contributed by atoms with Gasteiger partial charge >= 0.3 is 0 Å². The van der Waals surface area contributed by atoms with Gasteiger partial charge in [-0.3, -0.25) is 0 Å². The van der Waals surface area contributed by atoms with Gasteiger partial charge in [0.25, 0.3) is 0 Å². The average Bonchev–Trinajstić information content (AvgIpc) is 3.44. The zero-order chi connectivity index (χ0) is 28.7. The summed E-state index contributed by atoms with van der Waals surface area (Å²) in [4.78, 5) is 0. The van der Waals surface area contributed by atoms with Crippen LogP contribution >= 0.6 is 0 Å². The Balaban J connectivity index is 1.32. The molecule has 7 aromatic rings. The fourth-order valence-corrected chi connectivity index (χ4v) is 7.21. The van der Waals surface area contributed by atoms with Crippen molar-refractivity contribution in [1.82, 2.24) is 0 Å². The molecule has 0 radical (unpaired) electrons. The Morgan fingerprint density at radius 3 is 2.07 bits per heavy atom. The Labute approximate surface area is 246 Å². The molecule has 6 aromatic carbocycles. The molecule has 204 valence electrons. The number of para-hydroxylation sites is 1. The minimum absolute atomic E-state index is 0.197. The van der Waals surface area contributed by atoms with Gasteiger partial charge in [-0.2, -0.15) is 0 Å². The topological polar surface area (TPSA) is 13.1 Å². The lowest BCUT2D eigenvalue weighted by atomic mass is 9.73. The van der Waals surface area contributed by atoms with E-state index in [0.717, 1.165) is 66.1 Å². The number of hydrogen-bond donors (Lipinski definition) is 0. The molecule has 1 aromatic heterocycles. The van der Waals surface area contributed by atoms with E-state index in [1.165, 1.54) is 0 Å². The second-order valence-electron chi connectivity index (χ2n) is 11.4. The second kappa shape index (κ2) is 9.11. The van der Waals surface area contributed by atoms with E-state index in [9.17, 15) is 0 Å². The van der Waals surface area contributed by atoms with Crippen LogP contribution in [0.1, 0.15) is 22.9 Å². The van der Waals surface area contributed by atoms with Crippen molar-refractivity contribution in [2.24, 2.45) is 5.92 Å². The Morgan fingerprint density at radius 2 is 1.28 bits per heavy atom. The third-order valence-corrected chi connectivity index (χ3v) is 9.12. The number of fused-ring (bicyclic) bond motifs is 7. The second-order valence-corrected chi connectivity index (χ2v) is 11.4. The summed E-state index contributed by atoms with van der Waals surface area (Å²) >= 11 is 0. The Kier molecular flexibility index (Phi) is 5.15. The summed E-state index contributed by atoms with van der Waals surface area (Å²) in [5.74, 6) is -0.543. The van der Waals surface area contributed by atoms with Crippen LogP contribution in [0.4, 0.5) is 8.78 Å². The minimum Gasteiger partial charge on any atom is -0.455 e. The Morgan fingerprint density at radius 1 is 0.605 bits per heavy atom. The molecule has 3 heteroatoms. The highest BCUT2D eigenvalue weighted by atomic mass is 19.1. The van der Waals surface area contributed by atoms with Crippen molar-refractivity contribution in [3.8, 4) is 11.1 Å². The van der Waals surface area contributed by atoms with Crippen LogP contribution < -0.4 is 0 Å². The highest BCUT2D eigenvalue weighted by Gasteiger charge is 2.35. The van der Waals surface area contributed by atoms with E-state index in [1.54, 1.807) is 0 Å². The zero-order valence-corrected chi connectivity index (χ0v) is 23.0. The molecule has 9 rings (SSSR count). The predicted molar refractivity (Wildman–Crippen MR) is 172 cm³/mol. The van der Waals surface area contributed by atoms with Crippen LogP contribution in [-0.2, 0) is 0 Å². The van der Waals surface area contributed by atoms with Gasteiger partial charge in [-0.1, -0.05) is 121 Å². The maximum Gasteiger partial charge on any atom is 0.143 e. The van der Waals surface area contributed by atoms with Crippen molar-refractivity contribution in [3.05, 3.63) is 162 Å². The number of halogens is 2. The van der Waals surface area contributed by atoms with Gasteiger partial charge in [0.05, 0.1) is 0 Å². The van der Waals surface area contributed by atoms with Crippen molar-refractivity contribution in [2.75, 3.05) is 0 Å². The molecule has 0 saturated carbocycles. The van der Waals surface area contributed by atoms with Crippen molar-refractivity contribution in [1.29, 1.82) is 0 Å². The number of hydrogen-bond acceptors (Lipinski definition) is 1. The number of allylic oxidation sites excluding steroid dienone is 5. The molecule has 2 aliphatic carbocycles. The molecular weight excluding hydrogens is 534 g/mol. The number of alkyl halides is 1. The number of rotatable bonds is 2. The molecule has 0 bridgehead atoms. The SMILES string of the molecule is Fc1c2ccccc2c(-c2ccc3oc4c(C5=C6C=CC=CC6C(F)c6ccccc65)cccc4c3c2)c2ccccc12. The molecule has 0 aliphatic heterocycles. The molecule has 0 spiro atoms. The van der Waals surface area contributed by atoms with E-state index in [0.29, 0.717) is 16.3 Å². The maximum absolute atomic E-state index is 15.8. The van der Waals surface area contributed by atoms with E-state index in [2.05, 4.69) is 30.3 Å². The monoisotopic (exact) mass is 558 g/mol. The van der Waals surface area contributed by atoms with Gasteiger partial charge in [0.15, 0.2) is 0 Å². The van der Waals surface area contributed by atoms with E-state index >= 15 is 8.78 Å². The molecule has 1 heterocycles. The summed E-state index contributed by atoms with van der Waals surface area (Å²) in [5.41, 5.74) is 8.08. The van der Waals surface area contributed by atoms with Crippen LogP contribution in [0.5, 0.6) is 0 Å². The predicted octanol–water partition coefficient (Wildman–Crippen LogP) is 11.3. The normalized spacial score (nSPS) is 17.7. The first-order chi connectivity index (χ1) is 21.2. The molecule has 1 nitrogen and oxygen atoms in total. The molecule has 0 N–H and O–H groups in total. The first-order valence-electron chi connectivity index (χ1n) is 14.6. The molecule has 2 aliphatic rings. The lowest BCUT2D eigenvalue weighted by molar-refractivity contribution is 0.291. The fourth-order valence-electron chi connectivity index (χ4n) is 7.21. The average molecular weight is 559 g/mol. The highest BCUT2D eigenvalue weighted by Crippen LogP contribution is 2.50. The summed E-state index contributed by atoms with van der Waals surface area (Å²) in [6.07, 6.45) is 6.80. The first kappa shape index (κ1) is 24.3. The Bertz CT molecular complexity index is 2330. The fraction of sp³-hybridized carbons (Fsp3) is 0.0500. The van der Waals surface area contributed by atoms with Crippen LogP contribution in [-0.4, -0.2) is 0 Å². The lowest BCUT2D eigenvalue weighted by Gasteiger charge is -2.32. The minimum atomic E-state index is -1.10. The lowest BCUT2D eigenvalue weighted by Crippen LogP contribution is -2.19. The van der Waals surface area contributed by atoms with Crippen LogP contribution in [0, 0.1) is 11.7 Å². The molecule has 0 saturated heterocycles. The number of benzene rings is 6. The van der Waals surface area contributed by atoms with Gasteiger partial charge in [-0.25, -0.2) is 8.78 Å². The van der Waals surface area contributed by atoms with Crippen LogP contribution in [0.3, 0.4) is 0 Å². The number of furan rings is 1. The van der Waals surface area contributed by atoms with Crippen molar-refractivity contribution < 1.29 is 13.2 Å². The van der Waals surface area contributed by atoms with Gasteiger partial charge in [-0.05, 0) is 56.3 Å². The summed E-state index contributed by atoms with van der Waals surface area (Å²) in [7, 11) is 0. The molecule has 2 atom stereocenters. The van der Waals surface area contributed by atoms with Crippen molar-refractivity contribution in [2.45, 2.75) is 6.17 Å². The van der Waals surface area contributed by atoms with Crippen LogP contribution in [0.25, 0.3) is 60.2 Å². The summed E-state index contributed by atoms with van der Waals surface area (Å²) in [6, 6.07) is 35.6. The van der Waals surface area contributed by atoms with E-state index in [-0.39, 0.29) is 11.7 Å². The summed E-state index contributed by atoms with van der Waals surface area (Å²) in [5, 5.41) is 4.94. The highest BCUT2D eigenvalue weighted by molar-refractivity contribution is 6.16. The largest absolute Gasteiger partial charge is 0.455 e. The van der Waals surface area contributed by atoms with Crippen LogP contribution in [0.2, 0.25) is 0 Å². The third-order valence-electron chi connectivity index (χ3n) is 9.12. The van der Waals surface area contributed by atoms with Gasteiger partial charge in [0.1, 0.15) is 23.2 Å². The van der Waals surface area contributed by atoms with Crippen molar-refractivity contribution >= 4 is 49.1 Å². The quantitative estimate of drug-likeness (QED) is 0.192. The standard InChI is InChI=1S/C40H24F2O/c41-38-28-14-5-1-10-24(28)36(25-11-2-6-15-29(25)38)23-20-21-35-34(22-23)32-18-9-19-33(40(32)43-35)37-26-12-3-7-16-30(26)39(42)31-17-8-4-13-27(31)37/h1-22,30,39H. The van der Waals surface area contributed by atoms with Gasteiger partial charge in [0.2, 0.25) is 0 Å². The van der Waals surface area contributed by atoms with E-state index in [4.69, 9.17) is 4.42 Å². The molecule has 2 unspecified atom stereocenters. The molecule has 0 fully saturated rings. The van der Waals surface area contributed by atoms with Gasteiger partial charge in [0, 0.05) is 33.0 Å². The van der Waals surface area contributed by atoms with Crippen molar-refractivity contribution in [3.63, 3.8) is 0 Å². The molecule has 0 amide bonds.